The monoisotopic (exact) mass is 500 g/mol. The Morgan fingerprint density at radius 1 is 1.19 bits per heavy atom. The summed E-state index contributed by atoms with van der Waals surface area (Å²) in [5, 5.41) is 4.48. The number of imide groups is 1. The number of fused-ring (bicyclic) bond motifs is 1. The van der Waals surface area contributed by atoms with Crippen molar-refractivity contribution in [3.63, 3.8) is 0 Å². The molecule has 8 nitrogen and oxygen atoms in total. The zero-order chi connectivity index (χ0) is 30.8. The van der Waals surface area contributed by atoms with E-state index in [0.717, 1.165) is 4.90 Å². The Labute approximate surface area is 218 Å². The fraction of sp³-hybridized carbons (Fsp3) is 0.444. The summed E-state index contributed by atoms with van der Waals surface area (Å²) < 4.78 is 70.6. The van der Waals surface area contributed by atoms with Crippen LogP contribution >= 0.6 is 0 Å². The Balaban J connectivity index is 1.41. The second kappa shape index (κ2) is 9.99. The number of nitrogens with one attached hydrogen (secondary N) is 2. The highest BCUT2D eigenvalue weighted by atomic mass is 19.1. The van der Waals surface area contributed by atoms with Gasteiger partial charge in [-0.25, -0.2) is 4.39 Å². The number of anilines is 1. The second-order valence-corrected chi connectivity index (χ2v) is 9.27. The molecule has 2 aromatic rings. The van der Waals surface area contributed by atoms with E-state index in [9.17, 15) is 14.4 Å². The van der Waals surface area contributed by atoms with Crippen LogP contribution in [0, 0.1) is 5.82 Å². The van der Waals surface area contributed by atoms with Crippen molar-refractivity contribution in [3.05, 3.63) is 64.5 Å². The number of benzene rings is 2. The van der Waals surface area contributed by atoms with Crippen molar-refractivity contribution in [2.45, 2.75) is 64.4 Å². The molecule has 5 rings (SSSR count). The van der Waals surface area contributed by atoms with Crippen molar-refractivity contribution in [1.29, 1.82) is 0 Å². The Morgan fingerprint density at radius 3 is 2.75 bits per heavy atom. The van der Waals surface area contributed by atoms with E-state index in [1.165, 1.54) is 30.3 Å². The molecule has 0 spiro atoms. The minimum Gasteiger partial charge on any atom is -0.381 e. The van der Waals surface area contributed by atoms with Gasteiger partial charge in [0.25, 0.3) is 5.91 Å². The molecule has 36 heavy (non-hydrogen) atoms. The molecule has 2 N–H and O–H groups in total. The highest BCUT2D eigenvalue weighted by Crippen LogP contribution is 2.32. The predicted octanol–water partition coefficient (Wildman–Crippen LogP) is 2.81. The van der Waals surface area contributed by atoms with E-state index in [1.807, 2.05) is 13.8 Å². The fourth-order valence-electron chi connectivity index (χ4n) is 4.88. The van der Waals surface area contributed by atoms with Gasteiger partial charge in [-0.3, -0.25) is 24.6 Å². The van der Waals surface area contributed by atoms with Gasteiger partial charge in [-0.15, -0.1) is 0 Å². The molecule has 3 heterocycles. The minimum atomic E-state index is -3.10. The Morgan fingerprint density at radius 2 is 1.97 bits per heavy atom. The van der Waals surface area contributed by atoms with Crippen LogP contribution in [0.25, 0.3) is 0 Å². The van der Waals surface area contributed by atoms with Crippen LogP contribution in [0.2, 0.25) is 0 Å². The molecule has 0 saturated carbocycles. The van der Waals surface area contributed by atoms with E-state index in [4.69, 9.17) is 13.0 Å². The summed E-state index contributed by atoms with van der Waals surface area (Å²) in [6, 6.07) is 6.65. The summed E-state index contributed by atoms with van der Waals surface area (Å²) in [6.45, 7) is 2.94. The van der Waals surface area contributed by atoms with Crippen molar-refractivity contribution in [2.24, 2.45) is 0 Å². The first-order valence-electron chi connectivity index (χ1n) is 14.8. The lowest BCUT2D eigenvalue weighted by Crippen LogP contribution is -2.52. The number of rotatable bonds is 6. The second-order valence-electron chi connectivity index (χ2n) is 9.27. The zero-order valence-corrected chi connectivity index (χ0v) is 19.9. The lowest BCUT2D eigenvalue weighted by molar-refractivity contribution is -0.136. The minimum absolute atomic E-state index is 0.0262. The number of halogens is 1. The van der Waals surface area contributed by atoms with Gasteiger partial charge in [0.2, 0.25) is 11.8 Å². The predicted molar refractivity (Wildman–Crippen MR) is 131 cm³/mol. The van der Waals surface area contributed by atoms with Crippen molar-refractivity contribution in [1.82, 2.24) is 15.1 Å². The Kier molecular flexibility index (Phi) is 5.00. The molecule has 2 fully saturated rings. The van der Waals surface area contributed by atoms with Crippen molar-refractivity contribution >= 4 is 23.4 Å². The van der Waals surface area contributed by atoms with Crippen LogP contribution < -0.4 is 10.6 Å². The summed E-state index contributed by atoms with van der Waals surface area (Å²) in [4.78, 5) is 41.0. The van der Waals surface area contributed by atoms with E-state index in [2.05, 4.69) is 10.2 Å². The van der Waals surface area contributed by atoms with Gasteiger partial charge in [0.15, 0.2) is 0 Å². The molecular formula is C27H31FN4O4. The SMILES string of the molecule is [2H]C([2H])(Nc1cccc2c1CN(C1C(=O)NC(=O)C([2H])([2H])C1([2H])[2H])C2=O)c1cc(CN2CC(C)OC(C)C2)ccc1F. The van der Waals surface area contributed by atoms with Gasteiger partial charge in [0, 0.05) is 66.9 Å². The van der Waals surface area contributed by atoms with Crippen molar-refractivity contribution < 1.29 is 31.7 Å². The third kappa shape index (κ3) is 4.99. The summed E-state index contributed by atoms with van der Waals surface area (Å²) >= 11 is 0. The number of hydrogen-bond acceptors (Lipinski definition) is 6. The first-order chi connectivity index (χ1) is 19.5. The van der Waals surface area contributed by atoms with Crippen LogP contribution in [0.15, 0.2) is 36.4 Å². The van der Waals surface area contributed by atoms with E-state index >= 15 is 4.39 Å². The molecule has 0 radical (unpaired) electrons. The van der Waals surface area contributed by atoms with E-state index in [-0.39, 0.29) is 41.1 Å². The van der Waals surface area contributed by atoms with Gasteiger partial charge >= 0.3 is 0 Å². The molecule has 0 bridgehead atoms. The number of nitrogens with zero attached hydrogens (tertiary/aromatic N) is 2. The fourth-order valence-corrected chi connectivity index (χ4v) is 4.88. The molecule has 190 valence electrons. The molecule has 3 aliphatic rings. The molecule has 9 heteroatoms. The first-order valence-corrected chi connectivity index (χ1v) is 11.8. The van der Waals surface area contributed by atoms with Gasteiger partial charge in [0.05, 0.1) is 14.9 Å². The van der Waals surface area contributed by atoms with Crippen LogP contribution in [-0.2, 0) is 33.9 Å². The molecule has 3 atom stereocenters. The number of hydrogen-bond donors (Lipinski definition) is 2. The largest absolute Gasteiger partial charge is 0.381 e. The Hall–Kier alpha value is -3.30. The molecular weight excluding hydrogens is 463 g/mol. The molecule has 0 aliphatic carbocycles. The van der Waals surface area contributed by atoms with Crippen LogP contribution in [0.4, 0.5) is 10.1 Å². The highest BCUT2D eigenvalue weighted by Gasteiger charge is 2.39. The van der Waals surface area contributed by atoms with Gasteiger partial charge in [0.1, 0.15) is 11.9 Å². The molecule has 0 aromatic heterocycles. The van der Waals surface area contributed by atoms with E-state index in [1.54, 1.807) is 11.4 Å². The summed E-state index contributed by atoms with van der Waals surface area (Å²) in [5.74, 6) is -4.15. The van der Waals surface area contributed by atoms with E-state index in [0.29, 0.717) is 25.2 Å². The summed E-state index contributed by atoms with van der Waals surface area (Å²) in [7, 11) is 0. The number of carbonyl (C=O) groups excluding carboxylic acids is 3. The quantitative estimate of drug-likeness (QED) is 0.593. The van der Waals surface area contributed by atoms with Crippen LogP contribution in [0.5, 0.6) is 0 Å². The van der Waals surface area contributed by atoms with Gasteiger partial charge in [-0.1, -0.05) is 12.1 Å². The zero-order valence-electron chi connectivity index (χ0n) is 25.9. The van der Waals surface area contributed by atoms with Crippen LogP contribution in [-0.4, -0.2) is 58.9 Å². The lowest BCUT2D eigenvalue weighted by Gasteiger charge is -2.35. The number of carbonyl (C=O) groups is 3. The van der Waals surface area contributed by atoms with Gasteiger partial charge in [-0.05, 0) is 50.0 Å². The summed E-state index contributed by atoms with van der Waals surface area (Å²) in [5.41, 5.74) is 0.835. The van der Waals surface area contributed by atoms with Gasteiger partial charge < -0.3 is 15.0 Å². The van der Waals surface area contributed by atoms with Crippen molar-refractivity contribution in [3.8, 4) is 0 Å². The maximum atomic E-state index is 15.0. The average molecular weight is 501 g/mol. The molecule has 3 aliphatic heterocycles. The van der Waals surface area contributed by atoms with Crippen LogP contribution in [0.1, 0.15) is 61.9 Å². The normalized spacial score (nSPS) is 30.2. The van der Waals surface area contributed by atoms with E-state index < -0.39 is 48.8 Å². The molecule has 2 aromatic carbocycles. The smallest absolute Gasteiger partial charge is 0.255 e. The highest BCUT2D eigenvalue weighted by molar-refractivity contribution is 6.06. The summed E-state index contributed by atoms with van der Waals surface area (Å²) in [6.07, 6.45) is -6.10. The number of morpholine rings is 1. The number of ether oxygens (including phenoxy) is 1. The first kappa shape index (κ1) is 18.0. The molecule has 2 saturated heterocycles. The lowest BCUT2D eigenvalue weighted by atomic mass is 10.0. The topological polar surface area (TPSA) is 91.0 Å². The third-order valence-electron chi connectivity index (χ3n) is 6.38. The maximum Gasteiger partial charge on any atom is 0.255 e. The van der Waals surface area contributed by atoms with Gasteiger partial charge in [-0.2, -0.15) is 0 Å². The van der Waals surface area contributed by atoms with Crippen LogP contribution in [0.3, 0.4) is 0 Å². The van der Waals surface area contributed by atoms with Crippen molar-refractivity contribution in [2.75, 3.05) is 18.4 Å². The standard InChI is InChI=1S/C27H31FN4O4/c1-16-12-31(13-17(2)36-16)14-18-6-7-22(28)19(10-18)11-29-23-5-3-4-20-21(23)15-32(27(20)35)24-8-9-25(33)30-26(24)34/h3-7,10,16-17,24,29H,8-9,11-15H2,1-2H3,(H,30,33,34)/i8D2,9D2,11D2. The third-order valence-corrected chi connectivity index (χ3v) is 6.38. The molecule has 3 unspecified atom stereocenters. The Bertz CT molecular complexity index is 1450. The average Bonchev–Trinajstić information content (AvgIpc) is 3.20. The maximum absolute atomic E-state index is 15.0. The number of amides is 3. The number of piperidine rings is 1. The molecule has 3 amide bonds.